The number of hydrogen-bond acceptors (Lipinski definition) is 7. The number of nitrogens with zero attached hydrogens (tertiary/aromatic N) is 6. The van der Waals surface area contributed by atoms with Crippen molar-refractivity contribution < 1.29 is 14.3 Å². The maximum atomic E-state index is 11.5. The van der Waals surface area contributed by atoms with Gasteiger partial charge >= 0.3 is 12.1 Å². The zero-order chi connectivity index (χ0) is 20.8. The lowest BCUT2D eigenvalue weighted by Gasteiger charge is -2.13. The number of amides is 1. The highest BCUT2D eigenvalue weighted by Gasteiger charge is 2.21. The first-order valence-electron chi connectivity index (χ1n) is 9.65. The summed E-state index contributed by atoms with van der Waals surface area (Å²) in [5.41, 5.74) is 2.93. The Labute approximate surface area is 174 Å². The summed E-state index contributed by atoms with van der Waals surface area (Å²) < 4.78 is 12.4. The number of ether oxygens (including phenoxy) is 2. The third kappa shape index (κ3) is 4.99. The number of carbonyl (C=O) groups is 1. The Hall–Kier alpha value is -3.75. The second-order valence-corrected chi connectivity index (χ2v) is 6.80. The van der Waals surface area contributed by atoms with Crippen molar-refractivity contribution >= 4 is 12.3 Å². The zero-order valence-corrected chi connectivity index (χ0v) is 16.6. The third-order valence-electron chi connectivity index (χ3n) is 4.49. The molecule has 3 aromatic rings. The van der Waals surface area contributed by atoms with Crippen molar-refractivity contribution in [2.75, 3.05) is 26.3 Å². The van der Waals surface area contributed by atoms with E-state index in [-0.39, 0.29) is 18.7 Å². The van der Waals surface area contributed by atoms with Gasteiger partial charge in [0.25, 0.3) is 0 Å². The Morgan fingerprint density at radius 2 is 2.23 bits per heavy atom. The van der Waals surface area contributed by atoms with Gasteiger partial charge < -0.3 is 14.4 Å². The second-order valence-electron chi connectivity index (χ2n) is 6.80. The molecule has 3 heterocycles. The Morgan fingerprint density at radius 3 is 3.00 bits per heavy atom. The van der Waals surface area contributed by atoms with Gasteiger partial charge in [0.15, 0.2) is 0 Å². The zero-order valence-electron chi connectivity index (χ0n) is 16.6. The maximum Gasteiger partial charge on any atom is 0.410 e. The average Bonchev–Trinajstić information content (AvgIpc) is 3.40. The fourth-order valence-electron chi connectivity index (χ4n) is 3.00. The van der Waals surface area contributed by atoms with Gasteiger partial charge in [0.2, 0.25) is 0 Å². The minimum Gasteiger partial charge on any atom is -0.462 e. The number of imidazole rings is 1. The van der Waals surface area contributed by atoms with Crippen LogP contribution in [0.3, 0.4) is 0 Å². The number of aryl methyl sites for hydroxylation is 1. The summed E-state index contributed by atoms with van der Waals surface area (Å²) in [5.74, 6) is 0.638. The van der Waals surface area contributed by atoms with Gasteiger partial charge in [0.1, 0.15) is 25.4 Å². The number of benzene rings is 1. The predicted octanol–water partition coefficient (Wildman–Crippen LogP) is 2.42. The van der Waals surface area contributed by atoms with E-state index in [0.717, 1.165) is 5.56 Å². The number of aromatic nitrogens is 4. The average molecular weight is 406 g/mol. The van der Waals surface area contributed by atoms with Crippen LogP contribution in [-0.4, -0.2) is 63.0 Å². The van der Waals surface area contributed by atoms with Crippen molar-refractivity contribution in [3.05, 3.63) is 65.9 Å². The quantitative estimate of drug-likeness (QED) is 0.533. The van der Waals surface area contributed by atoms with Crippen molar-refractivity contribution in [2.45, 2.75) is 13.5 Å². The molecule has 0 saturated carbocycles. The van der Waals surface area contributed by atoms with E-state index < -0.39 is 0 Å². The smallest absolute Gasteiger partial charge is 0.410 e. The molecule has 0 atom stereocenters. The van der Waals surface area contributed by atoms with Crippen LogP contribution in [0.2, 0.25) is 0 Å². The maximum absolute atomic E-state index is 11.5. The summed E-state index contributed by atoms with van der Waals surface area (Å²) in [6.07, 6.45) is 6.64. The molecule has 1 aromatic carbocycles. The molecule has 154 valence electrons. The topological polar surface area (TPSA) is 94.7 Å². The molecule has 0 radical (unpaired) electrons. The van der Waals surface area contributed by atoms with Crippen LogP contribution < -0.4 is 4.74 Å². The highest BCUT2D eigenvalue weighted by atomic mass is 16.6. The normalized spacial score (nSPS) is 13.8. The van der Waals surface area contributed by atoms with Crippen molar-refractivity contribution in [2.24, 2.45) is 4.99 Å². The Balaban J connectivity index is 1.47. The molecule has 1 aliphatic rings. The van der Waals surface area contributed by atoms with E-state index in [0.29, 0.717) is 37.8 Å². The van der Waals surface area contributed by atoms with E-state index in [2.05, 4.69) is 26.0 Å². The molecule has 30 heavy (non-hydrogen) atoms. The van der Waals surface area contributed by atoms with Crippen LogP contribution in [0, 0.1) is 6.92 Å². The Bertz CT molecular complexity index is 1030. The second kappa shape index (κ2) is 9.17. The first-order chi connectivity index (χ1) is 14.7. The van der Waals surface area contributed by atoms with E-state index in [9.17, 15) is 4.79 Å². The van der Waals surface area contributed by atoms with E-state index in [4.69, 9.17) is 9.47 Å². The molecule has 9 nitrogen and oxygen atoms in total. The molecule has 0 aliphatic carbocycles. The van der Waals surface area contributed by atoms with Gasteiger partial charge in [-0.25, -0.2) is 9.78 Å². The molecule has 0 unspecified atom stereocenters. The highest BCUT2D eigenvalue weighted by Crippen LogP contribution is 2.13. The number of rotatable bonds is 8. The largest absolute Gasteiger partial charge is 0.462 e. The summed E-state index contributed by atoms with van der Waals surface area (Å²) in [5, 5.41) is 0. The number of hydrogen-bond donors (Lipinski definition) is 0. The van der Waals surface area contributed by atoms with Crippen LogP contribution in [0.1, 0.15) is 16.8 Å². The SMILES string of the molecule is Cc1cccc(C=NCc2cc(-n3ccnc3)nc(OCCN3CCOC3=O)n2)c1. The fourth-order valence-corrected chi connectivity index (χ4v) is 3.00. The minimum atomic E-state index is -0.321. The lowest BCUT2D eigenvalue weighted by Crippen LogP contribution is -2.29. The van der Waals surface area contributed by atoms with Gasteiger partial charge in [0.05, 0.1) is 25.3 Å². The van der Waals surface area contributed by atoms with Crippen molar-refractivity contribution in [3.63, 3.8) is 0 Å². The molecule has 0 N–H and O–H groups in total. The van der Waals surface area contributed by atoms with Crippen LogP contribution in [0.5, 0.6) is 6.01 Å². The van der Waals surface area contributed by atoms with Crippen molar-refractivity contribution in [3.8, 4) is 11.8 Å². The lowest BCUT2D eigenvalue weighted by atomic mass is 10.1. The fraction of sp³-hybridized carbons (Fsp3) is 0.286. The number of aliphatic imine (C=N–C) groups is 1. The van der Waals surface area contributed by atoms with Crippen LogP contribution in [0.15, 0.2) is 54.0 Å². The molecule has 9 heteroatoms. The van der Waals surface area contributed by atoms with Crippen LogP contribution in [0.4, 0.5) is 4.79 Å². The van der Waals surface area contributed by atoms with Crippen molar-refractivity contribution in [1.29, 1.82) is 0 Å². The third-order valence-corrected chi connectivity index (χ3v) is 4.49. The van der Waals surface area contributed by atoms with E-state index in [1.165, 1.54) is 5.56 Å². The van der Waals surface area contributed by atoms with Gasteiger partial charge in [-0.3, -0.25) is 9.56 Å². The summed E-state index contributed by atoms with van der Waals surface area (Å²) in [6, 6.07) is 10.2. The molecule has 1 amide bonds. The van der Waals surface area contributed by atoms with Gasteiger partial charge in [-0.15, -0.1) is 0 Å². The van der Waals surface area contributed by atoms with E-state index in [1.54, 1.807) is 28.2 Å². The van der Waals surface area contributed by atoms with Crippen molar-refractivity contribution in [1.82, 2.24) is 24.4 Å². The first kappa shape index (κ1) is 19.6. The highest BCUT2D eigenvalue weighted by molar-refractivity contribution is 5.79. The summed E-state index contributed by atoms with van der Waals surface area (Å²) in [4.78, 5) is 30.6. The molecular formula is C21H22N6O3. The molecule has 1 aliphatic heterocycles. The van der Waals surface area contributed by atoms with Gasteiger partial charge in [-0.1, -0.05) is 29.8 Å². The summed E-state index contributed by atoms with van der Waals surface area (Å²) in [7, 11) is 0. The van der Waals surface area contributed by atoms with Crippen LogP contribution in [-0.2, 0) is 11.3 Å². The van der Waals surface area contributed by atoms with Crippen LogP contribution in [0.25, 0.3) is 5.82 Å². The van der Waals surface area contributed by atoms with E-state index in [1.807, 2.05) is 37.4 Å². The molecule has 4 rings (SSSR count). The predicted molar refractivity (Wildman–Crippen MR) is 110 cm³/mol. The van der Waals surface area contributed by atoms with Crippen LogP contribution >= 0.6 is 0 Å². The standard InChI is InChI=1S/C21H22N6O3/c1-16-3-2-4-17(11-16)13-23-14-18-12-19(27-6-5-22-15-27)25-20(24-18)29-9-7-26-8-10-30-21(26)28/h2-6,11-13,15H,7-10,14H2,1H3. The molecular weight excluding hydrogens is 384 g/mol. The molecule has 1 saturated heterocycles. The number of carbonyl (C=O) groups excluding carboxylic acids is 1. The summed E-state index contributed by atoms with van der Waals surface area (Å²) >= 11 is 0. The van der Waals surface area contributed by atoms with E-state index >= 15 is 0 Å². The van der Waals surface area contributed by atoms with Gasteiger partial charge in [-0.2, -0.15) is 9.97 Å². The van der Waals surface area contributed by atoms with Gasteiger partial charge in [-0.05, 0) is 12.5 Å². The monoisotopic (exact) mass is 406 g/mol. The Kier molecular flexibility index (Phi) is 5.98. The molecule has 2 aromatic heterocycles. The first-order valence-corrected chi connectivity index (χ1v) is 9.65. The Morgan fingerprint density at radius 1 is 1.30 bits per heavy atom. The molecule has 0 spiro atoms. The molecule has 0 bridgehead atoms. The minimum absolute atomic E-state index is 0.231. The number of cyclic esters (lactones) is 1. The van der Waals surface area contributed by atoms with Gasteiger partial charge in [0, 0.05) is 24.7 Å². The summed E-state index contributed by atoms with van der Waals surface area (Å²) in [6.45, 7) is 4.09. The molecule has 1 fully saturated rings. The lowest BCUT2D eigenvalue weighted by molar-refractivity contribution is 0.152.